The lowest BCUT2D eigenvalue weighted by atomic mass is 10.1. The van der Waals surface area contributed by atoms with E-state index >= 15 is 0 Å². The summed E-state index contributed by atoms with van der Waals surface area (Å²) >= 11 is 6.10. The van der Waals surface area contributed by atoms with E-state index in [1.165, 1.54) is 5.56 Å². The number of aliphatic hydroxyl groups excluding tert-OH is 1. The molecule has 2 aromatic rings. The first-order valence-corrected chi connectivity index (χ1v) is 8.29. The second-order valence-electron chi connectivity index (χ2n) is 6.05. The van der Waals surface area contributed by atoms with Gasteiger partial charge in [-0.05, 0) is 36.2 Å². The van der Waals surface area contributed by atoms with Crippen molar-refractivity contribution in [2.24, 2.45) is 0 Å². The number of benzene rings is 1. The minimum atomic E-state index is 0.111. The zero-order valence-electron chi connectivity index (χ0n) is 13.3. The maximum absolute atomic E-state index is 9.72. The third-order valence-corrected chi connectivity index (χ3v) is 4.69. The molecule has 0 aliphatic carbocycles. The highest BCUT2D eigenvalue weighted by Gasteiger charge is 2.23. The number of likely N-dealkylation sites (N-methyl/N-ethyl adjacent to an activating group) is 1. The van der Waals surface area contributed by atoms with Crippen LogP contribution in [0.15, 0.2) is 42.6 Å². The molecule has 0 radical (unpaired) electrons. The predicted molar refractivity (Wildman–Crippen MR) is 93.7 cm³/mol. The molecule has 1 aliphatic heterocycles. The van der Waals surface area contributed by atoms with Gasteiger partial charge >= 0.3 is 0 Å². The van der Waals surface area contributed by atoms with Crippen molar-refractivity contribution < 1.29 is 5.11 Å². The monoisotopic (exact) mass is 331 g/mol. The zero-order valence-corrected chi connectivity index (χ0v) is 14.1. The molecule has 0 fully saturated rings. The van der Waals surface area contributed by atoms with Gasteiger partial charge in [-0.2, -0.15) is 0 Å². The molecule has 122 valence electrons. The summed E-state index contributed by atoms with van der Waals surface area (Å²) in [6.45, 7) is 2.69. The zero-order chi connectivity index (χ0) is 16.2. The number of rotatable bonds is 3. The van der Waals surface area contributed by atoms with Crippen LogP contribution in [0.5, 0.6) is 0 Å². The van der Waals surface area contributed by atoms with Crippen LogP contribution in [0.3, 0.4) is 0 Å². The van der Waals surface area contributed by atoms with E-state index in [9.17, 15) is 5.11 Å². The number of fused-ring (bicyclic) bond motifs is 1. The van der Waals surface area contributed by atoms with Gasteiger partial charge in [-0.25, -0.2) is 0 Å². The third kappa shape index (κ3) is 3.83. The Morgan fingerprint density at radius 1 is 1.30 bits per heavy atom. The van der Waals surface area contributed by atoms with E-state index in [2.05, 4.69) is 26.9 Å². The van der Waals surface area contributed by atoms with Gasteiger partial charge in [0.15, 0.2) is 0 Å². The molecule has 1 aliphatic rings. The van der Waals surface area contributed by atoms with E-state index in [1.54, 1.807) is 0 Å². The quantitative estimate of drug-likeness (QED) is 0.938. The molecule has 4 nitrogen and oxygen atoms in total. The van der Waals surface area contributed by atoms with Crippen LogP contribution in [-0.4, -0.2) is 41.2 Å². The van der Waals surface area contributed by atoms with Gasteiger partial charge in [-0.1, -0.05) is 23.7 Å². The van der Waals surface area contributed by atoms with Crippen molar-refractivity contribution in [3.05, 3.63) is 58.9 Å². The normalized spacial score (nSPS) is 19.1. The number of hydrogen-bond acceptors (Lipinski definition) is 4. The number of pyridine rings is 1. The second kappa shape index (κ2) is 7.30. The van der Waals surface area contributed by atoms with Gasteiger partial charge in [-0.3, -0.25) is 9.88 Å². The first-order chi connectivity index (χ1) is 11.2. The highest BCUT2D eigenvalue weighted by Crippen LogP contribution is 2.25. The highest BCUT2D eigenvalue weighted by molar-refractivity contribution is 6.30. The number of hydrogen-bond donors (Lipinski definition) is 1. The summed E-state index contributed by atoms with van der Waals surface area (Å²) in [4.78, 5) is 9.08. The molecule has 3 rings (SSSR count). The van der Waals surface area contributed by atoms with E-state index in [0.717, 1.165) is 42.5 Å². The minimum absolute atomic E-state index is 0.111. The standard InChI is InChI=1S/C18H22ClN3O/c1-21-16(13-23)7-9-22(11-14-4-2-5-15(19)10-14)12-17-18(21)6-3-8-20-17/h2-6,8,10,16,23H,7,9,11-13H2,1H3/t16-/m0/s1. The van der Waals surface area contributed by atoms with Gasteiger partial charge in [0.25, 0.3) is 0 Å². The summed E-state index contributed by atoms with van der Waals surface area (Å²) in [5, 5.41) is 10.5. The SMILES string of the molecule is CN1c2cccnc2CN(Cc2cccc(Cl)c2)CC[C@H]1CO. The van der Waals surface area contributed by atoms with Crippen LogP contribution in [0.25, 0.3) is 0 Å². The summed E-state index contributed by atoms with van der Waals surface area (Å²) in [7, 11) is 2.04. The first kappa shape index (κ1) is 16.2. The number of aromatic nitrogens is 1. The molecule has 23 heavy (non-hydrogen) atoms. The van der Waals surface area contributed by atoms with Gasteiger partial charge in [-0.15, -0.1) is 0 Å². The molecule has 0 bridgehead atoms. The van der Waals surface area contributed by atoms with Gasteiger partial charge in [0, 0.05) is 37.9 Å². The van der Waals surface area contributed by atoms with E-state index in [4.69, 9.17) is 11.6 Å². The molecule has 0 unspecified atom stereocenters. The van der Waals surface area contributed by atoms with Crippen LogP contribution >= 0.6 is 11.6 Å². The summed E-state index contributed by atoms with van der Waals surface area (Å²) in [5.41, 5.74) is 3.35. The molecule has 2 heterocycles. The van der Waals surface area contributed by atoms with E-state index in [0.29, 0.717) is 0 Å². The van der Waals surface area contributed by atoms with Crippen LogP contribution in [0.4, 0.5) is 5.69 Å². The maximum Gasteiger partial charge on any atom is 0.0776 e. The molecule has 0 saturated heterocycles. The van der Waals surface area contributed by atoms with E-state index in [-0.39, 0.29) is 12.6 Å². The predicted octanol–water partition coefficient (Wildman–Crippen LogP) is 2.94. The molecule has 1 aromatic heterocycles. The Morgan fingerprint density at radius 2 is 2.17 bits per heavy atom. The lowest BCUT2D eigenvalue weighted by molar-refractivity contribution is 0.204. The Labute approximate surface area is 142 Å². The van der Waals surface area contributed by atoms with Gasteiger partial charge in [0.2, 0.25) is 0 Å². The maximum atomic E-state index is 9.72. The topological polar surface area (TPSA) is 39.6 Å². The Balaban J connectivity index is 1.85. The molecule has 0 saturated carbocycles. The number of nitrogens with zero attached hydrogens (tertiary/aromatic N) is 3. The van der Waals surface area contributed by atoms with Gasteiger partial charge in [0.05, 0.1) is 24.0 Å². The number of aliphatic hydroxyl groups is 1. The highest BCUT2D eigenvalue weighted by atomic mass is 35.5. The van der Waals surface area contributed by atoms with Crippen molar-refractivity contribution in [1.29, 1.82) is 0 Å². The Morgan fingerprint density at radius 3 is 2.96 bits per heavy atom. The fourth-order valence-corrected chi connectivity index (χ4v) is 3.34. The van der Waals surface area contributed by atoms with Crippen LogP contribution < -0.4 is 4.90 Å². The molecule has 1 atom stereocenters. The Kier molecular flexibility index (Phi) is 5.16. The average molecular weight is 332 g/mol. The molecular weight excluding hydrogens is 310 g/mol. The van der Waals surface area contributed by atoms with Crippen LogP contribution in [0.1, 0.15) is 17.7 Å². The van der Waals surface area contributed by atoms with Gasteiger partial charge < -0.3 is 10.0 Å². The minimum Gasteiger partial charge on any atom is -0.394 e. The molecular formula is C18H22ClN3O. The molecule has 1 N–H and O–H groups in total. The van der Waals surface area contributed by atoms with Crippen molar-refractivity contribution in [2.45, 2.75) is 25.6 Å². The lowest BCUT2D eigenvalue weighted by Gasteiger charge is -2.35. The van der Waals surface area contributed by atoms with Crippen LogP contribution in [-0.2, 0) is 13.1 Å². The molecule has 1 aromatic carbocycles. The molecule has 0 amide bonds. The van der Waals surface area contributed by atoms with Crippen molar-refractivity contribution in [3.8, 4) is 0 Å². The van der Waals surface area contributed by atoms with Crippen molar-refractivity contribution in [3.63, 3.8) is 0 Å². The van der Waals surface area contributed by atoms with Crippen LogP contribution in [0.2, 0.25) is 5.02 Å². The summed E-state index contributed by atoms with van der Waals surface area (Å²) in [5.74, 6) is 0. The smallest absolute Gasteiger partial charge is 0.0776 e. The second-order valence-corrected chi connectivity index (χ2v) is 6.48. The average Bonchev–Trinajstić information content (AvgIpc) is 2.54. The lowest BCUT2D eigenvalue weighted by Crippen LogP contribution is -2.41. The fraction of sp³-hybridized carbons (Fsp3) is 0.389. The van der Waals surface area contributed by atoms with Crippen molar-refractivity contribution >= 4 is 17.3 Å². The molecule has 0 spiro atoms. The Bertz CT molecular complexity index is 664. The first-order valence-electron chi connectivity index (χ1n) is 7.92. The molecule has 5 heteroatoms. The van der Waals surface area contributed by atoms with E-state index in [1.807, 2.05) is 37.5 Å². The van der Waals surface area contributed by atoms with Crippen molar-refractivity contribution in [1.82, 2.24) is 9.88 Å². The van der Waals surface area contributed by atoms with Crippen LogP contribution in [0, 0.1) is 0 Å². The van der Waals surface area contributed by atoms with E-state index < -0.39 is 0 Å². The van der Waals surface area contributed by atoms with Crippen molar-refractivity contribution in [2.75, 3.05) is 25.1 Å². The number of anilines is 1. The summed E-state index contributed by atoms with van der Waals surface area (Å²) in [6.07, 6.45) is 2.75. The Hall–Kier alpha value is -1.62. The fourth-order valence-electron chi connectivity index (χ4n) is 3.13. The number of halogens is 1. The van der Waals surface area contributed by atoms with Gasteiger partial charge in [0.1, 0.15) is 0 Å². The summed E-state index contributed by atoms with van der Waals surface area (Å²) < 4.78 is 0. The summed E-state index contributed by atoms with van der Waals surface area (Å²) in [6, 6.07) is 12.1. The third-order valence-electron chi connectivity index (χ3n) is 4.45. The largest absolute Gasteiger partial charge is 0.394 e.